The molecule has 0 aliphatic heterocycles. The molecule has 0 saturated heterocycles. The first-order valence-electron chi connectivity index (χ1n) is 19.2. The van der Waals surface area contributed by atoms with Crippen LogP contribution in [0.25, 0.3) is 60.5 Å². The molecule has 10 rings (SSSR count). The van der Waals surface area contributed by atoms with Gasteiger partial charge in [-0.15, -0.1) is 0 Å². The van der Waals surface area contributed by atoms with Crippen molar-refractivity contribution in [1.82, 2.24) is 4.57 Å². The van der Waals surface area contributed by atoms with Gasteiger partial charge in [0.1, 0.15) is 0 Å². The first kappa shape index (κ1) is 34.9. The lowest BCUT2D eigenvalue weighted by molar-refractivity contribution is 0.660. The number of aromatic nitrogens is 1. The molecule has 264 valence electrons. The summed E-state index contributed by atoms with van der Waals surface area (Å²) < 4.78 is 2.36. The van der Waals surface area contributed by atoms with Crippen molar-refractivity contribution in [3.63, 3.8) is 0 Å². The molecule has 1 aromatic heterocycles. The van der Waals surface area contributed by atoms with Gasteiger partial charge in [-0.2, -0.15) is 0 Å². The zero-order valence-corrected chi connectivity index (χ0v) is 32.0. The smallest absolute Gasteiger partial charge is 0.0541 e. The molecule has 1 heteroatoms. The fourth-order valence-corrected chi connectivity index (χ4v) is 8.23. The third-order valence-corrected chi connectivity index (χ3v) is 11.1. The maximum Gasteiger partial charge on any atom is 0.0541 e. The Labute approximate surface area is 320 Å². The quantitative estimate of drug-likeness (QED) is 0.173. The molecule has 9 aromatic rings. The molecule has 0 unspecified atom stereocenters. The summed E-state index contributed by atoms with van der Waals surface area (Å²) in [5.41, 5.74) is 16.2. The lowest BCUT2D eigenvalue weighted by Crippen LogP contribution is -2.14. The molecule has 0 radical (unpaired) electrons. The third kappa shape index (κ3) is 6.41. The van der Waals surface area contributed by atoms with Crippen molar-refractivity contribution >= 4 is 32.6 Å². The van der Waals surface area contributed by atoms with Crippen LogP contribution in [0.3, 0.4) is 0 Å². The van der Waals surface area contributed by atoms with Crippen LogP contribution in [-0.4, -0.2) is 4.57 Å². The summed E-state index contributed by atoms with van der Waals surface area (Å²) in [6.45, 7) is 11.1. The van der Waals surface area contributed by atoms with Gasteiger partial charge in [0.2, 0.25) is 0 Å². The van der Waals surface area contributed by atoms with Gasteiger partial charge < -0.3 is 4.57 Å². The predicted molar refractivity (Wildman–Crippen MR) is 233 cm³/mol. The minimum Gasteiger partial charge on any atom is -0.309 e. The number of para-hydroxylation sites is 2. The number of hydrogen-bond donors (Lipinski definition) is 0. The van der Waals surface area contributed by atoms with E-state index in [0.29, 0.717) is 0 Å². The molecule has 54 heavy (non-hydrogen) atoms. The van der Waals surface area contributed by atoms with E-state index in [1.165, 1.54) is 88.3 Å². The monoisotopic (exact) mass is 697 g/mol. The molecule has 1 aliphatic rings. The summed E-state index contributed by atoms with van der Waals surface area (Å²) in [6, 6.07) is 65.4. The Morgan fingerprint density at radius 3 is 1.78 bits per heavy atom. The highest BCUT2D eigenvalue weighted by Gasteiger charge is 2.34. The van der Waals surface area contributed by atoms with Crippen LogP contribution in [0.4, 0.5) is 0 Å². The van der Waals surface area contributed by atoms with Crippen LogP contribution in [0, 0.1) is 13.8 Å². The van der Waals surface area contributed by atoms with Gasteiger partial charge in [0.05, 0.1) is 11.0 Å². The normalized spacial score (nSPS) is 12.4. The second kappa shape index (κ2) is 14.7. The molecule has 0 amide bonds. The molecule has 0 saturated carbocycles. The van der Waals surface area contributed by atoms with E-state index in [4.69, 9.17) is 0 Å². The standard InChI is InChI=1S/C29H21N.C16H16.C8H10/c1-20-15-17-24(25-12-6-5-11-23(20)25)21-16-18-29-27(19-21)26-13-7-8-14-28(26)30(29)22-9-3-2-4-10-22;1-11-8-9-13-12-6-4-5-7-14(12)16(2,3)15(13)10-11;1-2-8-6-4-3-5-7-8/h2-19H,1H3;4-10H,1-3H3;3-7H,2H2,1H3. The molecular formula is C53H47N. The van der Waals surface area contributed by atoms with E-state index >= 15 is 0 Å². The minimum absolute atomic E-state index is 0.151. The Morgan fingerprint density at radius 1 is 0.444 bits per heavy atom. The van der Waals surface area contributed by atoms with Crippen molar-refractivity contribution in [2.75, 3.05) is 0 Å². The first-order chi connectivity index (χ1) is 26.3. The minimum atomic E-state index is 0.151. The van der Waals surface area contributed by atoms with Crippen LogP contribution in [0.15, 0.2) is 182 Å². The van der Waals surface area contributed by atoms with Crippen molar-refractivity contribution in [1.29, 1.82) is 0 Å². The molecule has 1 aliphatic carbocycles. The van der Waals surface area contributed by atoms with Crippen molar-refractivity contribution in [3.8, 4) is 27.9 Å². The summed E-state index contributed by atoms with van der Waals surface area (Å²) in [5, 5.41) is 5.21. The topological polar surface area (TPSA) is 4.93 Å². The predicted octanol–water partition coefficient (Wildman–Crippen LogP) is 14.5. The lowest BCUT2D eigenvalue weighted by Gasteiger charge is -2.21. The Morgan fingerprint density at radius 2 is 1.04 bits per heavy atom. The highest BCUT2D eigenvalue weighted by Crippen LogP contribution is 2.48. The van der Waals surface area contributed by atoms with E-state index in [9.17, 15) is 0 Å². The van der Waals surface area contributed by atoms with Gasteiger partial charge in [-0.3, -0.25) is 0 Å². The number of nitrogens with zero attached hydrogens (tertiary/aromatic N) is 1. The third-order valence-electron chi connectivity index (χ3n) is 11.1. The van der Waals surface area contributed by atoms with Crippen LogP contribution in [-0.2, 0) is 11.8 Å². The zero-order valence-electron chi connectivity index (χ0n) is 32.0. The molecule has 0 fully saturated rings. The van der Waals surface area contributed by atoms with E-state index in [0.717, 1.165) is 6.42 Å². The average Bonchev–Trinajstić information content (AvgIpc) is 3.67. The van der Waals surface area contributed by atoms with Gasteiger partial charge in [-0.1, -0.05) is 178 Å². The number of benzene rings is 8. The zero-order chi connectivity index (χ0) is 37.2. The Bertz CT molecular complexity index is 2730. The van der Waals surface area contributed by atoms with Gasteiger partial charge in [-0.25, -0.2) is 0 Å². The molecule has 0 spiro atoms. The largest absolute Gasteiger partial charge is 0.309 e. The van der Waals surface area contributed by atoms with Gasteiger partial charge in [0, 0.05) is 21.9 Å². The molecule has 8 aromatic carbocycles. The van der Waals surface area contributed by atoms with E-state index in [2.05, 4.69) is 215 Å². The van der Waals surface area contributed by atoms with Crippen LogP contribution < -0.4 is 0 Å². The Kier molecular flexibility index (Phi) is 9.48. The summed E-state index contributed by atoms with van der Waals surface area (Å²) in [6.07, 6.45) is 1.14. The van der Waals surface area contributed by atoms with Crippen LogP contribution in [0.5, 0.6) is 0 Å². The van der Waals surface area contributed by atoms with Crippen LogP contribution in [0.1, 0.15) is 48.6 Å². The molecule has 1 nitrogen and oxygen atoms in total. The summed E-state index contributed by atoms with van der Waals surface area (Å²) in [7, 11) is 0. The maximum absolute atomic E-state index is 2.36. The van der Waals surface area contributed by atoms with E-state index in [-0.39, 0.29) is 5.41 Å². The van der Waals surface area contributed by atoms with E-state index < -0.39 is 0 Å². The molecule has 0 N–H and O–H groups in total. The van der Waals surface area contributed by atoms with Gasteiger partial charge >= 0.3 is 0 Å². The lowest BCUT2D eigenvalue weighted by atomic mass is 9.82. The number of rotatable bonds is 3. The molecule has 0 bridgehead atoms. The molecule has 0 atom stereocenters. The Hall–Kier alpha value is -6.18. The van der Waals surface area contributed by atoms with Gasteiger partial charge in [0.25, 0.3) is 0 Å². The highest BCUT2D eigenvalue weighted by atomic mass is 15.0. The van der Waals surface area contributed by atoms with Crippen LogP contribution >= 0.6 is 0 Å². The fourth-order valence-electron chi connectivity index (χ4n) is 8.23. The second-order valence-corrected chi connectivity index (χ2v) is 15.0. The molecular weight excluding hydrogens is 651 g/mol. The SMILES string of the molecule is CCc1ccccc1.Cc1ccc(-c2ccc3c(c2)c2ccccc2n3-c2ccccc2)c2ccccc12.Cc1ccc2c(c1)C(C)(C)c1ccccc1-2. The second-order valence-electron chi connectivity index (χ2n) is 15.0. The number of hydrogen-bond acceptors (Lipinski definition) is 0. The highest BCUT2D eigenvalue weighted by molar-refractivity contribution is 6.11. The van der Waals surface area contributed by atoms with Gasteiger partial charge in [-0.05, 0) is 106 Å². The van der Waals surface area contributed by atoms with Crippen molar-refractivity contribution in [2.45, 2.75) is 46.5 Å². The van der Waals surface area contributed by atoms with Crippen molar-refractivity contribution in [2.24, 2.45) is 0 Å². The summed E-state index contributed by atoms with van der Waals surface area (Å²) in [5.74, 6) is 0. The average molecular weight is 698 g/mol. The summed E-state index contributed by atoms with van der Waals surface area (Å²) >= 11 is 0. The van der Waals surface area contributed by atoms with Gasteiger partial charge in [0.15, 0.2) is 0 Å². The van der Waals surface area contributed by atoms with E-state index in [1.54, 1.807) is 0 Å². The van der Waals surface area contributed by atoms with Crippen molar-refractivity contribution < 1.29 is 0 Å². The maximum atomic E-state index is 2.36. The van der Waals surface area contributed by atoms with Crippen LogP contribution in [0.2, 0.25) is 0 Å². The van der Waals surface area contributed by atoms with E-state index in [1.807, 2.05) is 6.07 Å². The Balaban J connectivity index is 0.000000143. The van der Waals surface area contributed by atoms with Crippen molar-refractivity contribution in [3.05, 3.63) is 210 Å². The number of aryl methyl sites for hydroxylation is 3. The molecule has 1 heterocycles. The number of fused-ring (bicyclic) bond motifs is 7. The first-order valence-corrected chi connectivity index (χ1v) is 19.2. The fraction of sp³-hybridized carbons (Fsp3) is 0.132. The summed E-state index contributed by atoms with van der Waals surface area (Å²) in [4.78, 5) is 0.